The van der Waals surface area contributed by atoms with Gasteiger partial charge in [0.15, 0.2) is 0 Å². The Balaban J connectivity index is 1.66. The summed E-state index contributed by atoms with van der Waals surface area (Å²) < 4.78 is 32.3. The molecule has 3 rings (SSSR count). The number of nitrogens with zero attached hydrogens (tertiary/aromatic N) is 1. The Morgan fingerprint density at radius 1 is 1.11 bits per heavy atom. The summed E-state index contributed by atoms with van der Waals surface area (Å²) in [5.41, 5.74) is 1.70. The molecule has 0 radical (unpaired) electrons. The van der Waals surface area contributed by atoms with E-state index in [1.165, 1.54) is 12.1 Å². The Morgan fingerprint density at radius 2 is 1.78 bits per heavy atom. The number of aryl methyl sites for hydroxylation is 1. The van der Waals surface area contributed by atoms with Crippen molar-refractivity contribution in [2.75, 3.05) is 19.7 Å². The minimum Gasteiger partial charge on any atom is -0.376 e. The third-order valence-electron chi connectivity index (χ3n) is 6.16. The van der Waals surface area contributed by atoms with Gasteiger partial charge in [-0.1, -0.05) is 42.8 Å². The second kappa shape index (κ2) is 13.2. The Morgan fingerprint density at radius 3 is 2.39 bits per heavy atom. The van der Waals surface area contributed by atoms with Gasteiger partial charge in [-0.15, -0.1) is 0 Å². The van der Waals surface area contributed by atoms with Crippen molar-refractivity contribution in [3.05, 3.63) is 64.7 Å². The maximum atomic E-state index is 13.3. The number of sulfonamides is 1. The van der Waals surface area contributed by atoms with E-state index >= 15 is 0 Å². The molecule has 1 fully saturated rings. The van der Waals surface area contributed by atoms with Gasteiger partial charge in [0, 0.05) is 37.7 Å². The van der Waals surface area contributed by atoms with Crippen molar-refractivity contribution in [1.29, 1.82) is 0 Å². The lowest BCUT2D eigenvalue weighted by atomic mass is 10.1. The Bertz CT molecular complexity index is 1120. The maximum absolute atomic E-state index is 13.3. The first kappa shape index (κ1) is 28.1. The molecule has 0 aromatic heterocycles. The monoisotopic (exact) mass is 535 g/mol. The molecule has 36 heavy (non-hydrogen) atoms. The quantitative estimate of drug-likeness (QED) is 0.434. The standard InChI is InChI=1S/C26H34ClN3O5S/c1-3-29-36(33,34)24-13-8-20(9-14-24)10-15-25(31)30(18-21-6-11-22(27)12-7-21)19(2)26(32)28-17-23-5-4-16-35-23/h6-9,11-14,19,23,29H,3-5,10,15-18H2,1-2H3,(H,28,32). The molecule has 196 valence electrons. The van der Waals surface area contributed by atoms with E-state index in [1.807, 2.05) is 12.1 Å². The molecular weight excluding hydrogens is 502 g/mol. The highest BCUT2D eigenvalue weighted by molar-refractivity contribution is 7.89. The van der Waals surface area contributed by atoms with Crippen molar-refractivity contribution in [3.8, 4) is 0 Å². The first-order chi connectivity index (χ1) is 17.2. The van der Waals surface area contributed by atoms with Crippen LogP contribution in [0.3, 0.4) is 0 Å². The van der Waals surface area contributed by atoms with Crippen molar-refractivity contribution in [2.24, 2.45) is 0 Å². The molecule has 2 aromatic carbocycles. The molecule has 1 heterocycles. The smallest absolute Gasteiger partial charge is 0.242 e. The lowest BCUT2D eigenvalue weighted by molar-refractivity contribution is -0.140. The van der Waals surface area contributed by atoms with Crippen molar-refractivity contribution in [3.63, 3.8) is 0 Å². The number of hydrogen-bond acceptors (Lipinski definition) is 5. The first-order valence-electron chi connectivity index (χ1n) is 12.2. The summed E-state index contributed by atoms with van der Waals surface area (Å²) in [6.07, 6.45) is 2.51. The summed E-state index contributed by atoms with van der Waals surface area (Å²) in [5.74, 6) is -0.403. The van der Waals surface area contributed by atoms with Gasteiger partial charge in [0.1, 0.15) is 6.04 Å². The predicted octanol–water partition coefficient (Wildman–Crippen LogP) is 3.28. The fourth-order valence-corrected chi connectivity index (χ4v) is 5.21. The van der Waals surface area contributed by atoms with E-state index in [4.69, 9.17) is 16.3 Å². The molecule has 0 spiro atoms. The summed E-state index contributed by atoms with van der Waals surface area (Å²) in [6, 6.07) is 13.0. The second-order valence-electron chi connectivity index (χ2n) is 8.85. The highest BCUT2D eigenvalue weighted by Crippen LogP contribution is 2.17. The topological polar surface area (TPSA) is 105 Å². The van der Waals surface area contributed by atoms with Crippen LogP contribution in [-0.2, 0) is 37.3 Å². The minimum atomic E-state index is -3.53. The zero-order valence-electron chi connectivity index (χ0n) is 20.7. The van der Waals surface area contributed by atoms with Gasteiger partial charge in [-0.2, -0.15) is 0 Å². The number of halogens is 1. The van der Waals surface area contributed by atoms with Crippen molar-refractivity contribution in [2.45, 2.75) is 63.1 Å². The number of ether oxygens (including phenoxy) is 1. The predicted molar refractivity (Wildman–Crippen MR) is 139 cm³/mol. The SMILES string of the molecule is CCNS(=O)(=O)c1ccc(CCC(=O)N(Cc2ccc(Cl)cc2)C(C)C(=O)NCC2CCCO2)cc1. The summed E-state index contributed by atoms with van der Waals surface area (Å²) >= 11 is 6.00. The van der Waals surface area contributed by atoms with Crippen LogP contribution in [0.25, 0.3) is 0 Å². The highest BCUT2D eigenvalue weighted by atomic mass is 35.5. The summed E-state index contributed by atoms with van der Waals surface area (Å²) in [6.45, 7) is 5.15. The molecule has 2 unspecified atom stereocenters. The van der Waals surface area contributed by atoms with Crippen molar-refractivity contribution in [1.82, 2.24) is 14.9 Å². The van der Waals surface area contributed by atoms with Crippen LogP contribution < -0.4 is 10.0 Å². The van der Waals surface area contributed by atoms with Crippen LogP contribution in [0.2, 0.25) is 5.02 Å². The van der Waals surface area contributed by atoms with Gasteiger partial charge in [0.25, 0.3) is 0 Å². The lowest BCUT2D eigenvalue weighted by Crippen LogP contribution is -2.49. The fraction of sp³-hybridized carbons (Fsp3) is 0.462. The summed E-state index contributed by atoms with van der Waals surface area (Å²) in [7, 11) is -3.53. The minimum absolute atomic E-state index is 0.0147. The van der Waals surface area contributed by atoms with Crippen LogP contribution in [-0.4, -0.2) is 57.0 Å². The van der Waals surface area contributed by atoms with E-state index in [2.05, 4.69) is 10.0 Å². The van der Waals surface area contributed by atoms with E-state index < -0.39 is 16.1 Å². The molecular formula is C26H34ClN3O5S. The van der Waals surface area contributed by atoms with Gasteiger partial charge < -0.3 is 15.0 Å². The second-order valence-corrected chi connectivity index (χ2v) is 11.1. The zero-order chi connectivity index (χ0) is 26.1. The van der Waals surface area contributed by atoms with E-state index in [-0.39, 0.29) is 35.8 Å². The number of hydrogen-bond donors (Lipinski definition) is 2. The average molecular weight is 536 g/mol. The Kier molecular flexibility index (Phi) is 10.3. The van der Waals surface area contributed by atoms with Crippen LogP contribution in [0.15, 0.2) is 53.4 Å². The number of nitrogens with one attached hydrogen (secondary N) is 2. The number of carbonyl (C=O) groups is 2. The molecule has 0 aliphatic carbocycles. The van der Waals surface area contributed by atoms with Gasteiger partial charge in [0.05, 0.1) is 11.0 Å². The van der Waals surface area contributed by atoms with Crippen LogP contribution in [0, 0.1) is 0 Å². The number of carbonyl (C=O) groups excluding carboxylic acids is 2. The zero-order valence-corrected chi connectivity index (χ0v) is 22.3. The molecule has 1 aliphatic rings. The van der Waals surface area contributed by atoms with E-state index in [1.54, 1.807) is 43.0 Å². The van der Waals surface area contributed by atoms with Gasteiger partial charge in [0.2, 0.25) is 21.8 Å². The van der Waals surface area contributed by atoms with Crippen LogP contribution in [0.5, 0.6) is 0 Å². The normalized spacial score (nSPS) is 16.5. The highest BCUT2D eigenvalue weighted by Gasteiger charge is 2.27. The lowest BCUT2D eigenvalue weighted by Gasteiger charge is -2.29. The van der Waals surface area contributed by atoms with Gasteiger partial charge in [-0.05, 0) is 61.6 Å². The van der Waals surface area contributed by atoms with Gasteiger partial charge >= 0.3 is 0 Å². The average Bonchev–Trinajstić information content (AvgIpc) is 3.39. The Hall–Kier alpha value is -2.46. The molecule has 0 bridgehead atoms. The van der Waals surface area contributed by atoms with Crippen LogP contribution >= 0.6 is 11.6 Å². The molecule has 2 amide bonds. The van der Waals surface area contributed by atoms with Crippen LogP contribution in [0.1, 0.15) is 44.2 Å². The fourth-order valence-electron chi connectivity index (χ4n) is 4.04. The third kappa shape index (κ3) is 8.03. The molecule has 2 N–H and O–H groups in total. The number of rotatable bonds is 12. The van der Waals surface area contributed by atoms with Gasteiger partial charge in [-0.25, -0.2) is 13.1 Å². The largest absolute Gasteiger partial charge is 0.376 e. The molecule has 0 saturated carbocycles. The molecule has 1 aliphatic heterocycles. The van der Waals surface area contributed by atoms with Crippen molar-refractivity contribution >= 4 is 33.4 Å². The molecule has 10 heteroatoms. The Labute approximate surface area is 218 Å². The molecule has 2 atom stereocenters. The molecule has 1 saturated heterocycles. The number of benzene rings is 2. The van der Waals surface area contributed by atoms with Crippen LogP contribution in [0.4, 0.5) is 0 Å². The summed E-state index contributed by atoms with van der Waals surface area (Å²) in [4.78, 5) is 27.9. The molecule has 8 nitrogen and oxygen atoms in total. The van der Waals surface area contributed by atoms with E-state index in [0.717, 1.165) is 24.0 Å². The summed E-state index contributed by atoms with van der Waals surface area (Å²) in [5, 5.41) is 3.51. The molecule has 2 aromatic rings. The van der Waals surface area contributed by atoms with E-state index in [0.29, 0.717) is 31.1 Å². The maximum Gasteiger partial charge on any atom is 0.242 e. The first-order valence-corrected chi connectivity index (χ1v) is 14.1. The van der Waals surface area contributed by atoms with Gasteiger partial charge in [-0.3, -0.25) is 9.59 Å². The van der Waals surface area contributed by atoms with E-state index in [9.17, 15) is 18.0 Å². The number of amides is 2. The van der Waals surface area contributed by atoms with Crippen molar-refractivity contribution < 1.29 is 22.7 Å². The third-order valence-corrected chi connectivity index (χ3v) is 7.97.